The largest absolute Gasteiger partial charge is 0.504 e. The van der Waals surface area contributed by atoms with Crippen LogP contribution in [0.15, 0.2) is 36.4 Å². The average molecular weight is 321 g/mol. The van der Waals surface area contributed by atoms with Gasteiger partial charge in [-0.1, -0.05) is 17.7 Å². The molecule has 0 aliphatic carbocycles. The number of nitrogens with zero attached hydrogens (tertiary/aromatic N) is 1. The number of aromatic hydroxyl groups is 2. The average Bonchev–Trinajstić information content (AvgIpc) is 2.86. The smallest absolute Gasteiger partial charge is 0.157 e. The molecular formula is C15H13ClN2O2S. The molecule has 1 aromatic heterocycles. The standard InChI is InChI=1S/C15H13ClN2O2S/c16-9-2-4-14-11(7-9)18-15(21-14)10(17)5-8-1-3-12(19)13(20)6-8/h1-4,6-7,10,19-20H,5,17H2. The first-order valence-corrected chi connectivity index (χ1v) is 7.55. The fourth-order valence-electron chi connectivity index (χ4n) is 2.11. The number of benzene rings is 2. The molecule has 0 spiro atoms. The molecule has 1 heterocycles. The molecule has 3 aromatic rings. The summed E-state index contributed by atoms with van der Waals surface area (Å²) in [6.07, 6.45) is 0.529. The van der Waals surface area contributed by atoms with E-state index in [0.717, 1.165) is 20.8 Å². The Hall–Kier alpha value is -1.82. The summed E-state index contributed by atoms with van der Waals surface area (Å²) in [6.45, 7) is 0. The molecule has 4 N–H and O–H groups in total. The highest BCUT2D eigenvalue weighted by molar-refractivity contribution is 7.18. The lowest BCUT2D eigenvalue weighted by atomic mass is 10.1. The van der Waals surface area contributed by atoms with Crippen LogP contribution in [0.25, 0.3) is 10.2 Å². The minimum atomic E-state index is -0.273. The number of fused-ring (bicyclic) bond motifs is 1. The maximum Gasteiger partial charge on any atom is 0.157 e. The molecule has 0 bridgehead atoms. The molecule has 21 heavy (non-hydrogen) atoms. The summed E-state index contributed by atoms with van der Waals surface area (Å²) in [7, 11) is 0. The number of hydrogen-bond acceptors (Lipinski definition) is 5. The third-order valence-corrected chi connectivity index (χ3v) is 4.58. The van der Waals surface area contributed by atoms with E-state index in [0.29, 0.717) is 11.4 Å². The van der Waals surface area contributed by atoms with Gasteiger partial charge in [0.1, 0.15) is 5.01 Å². The van der Waals surface area contributed by atoms with Gasteiger partial charge in [0, 0.05) is 5.02 Å². The molecule has 0 aliphatic rings. The Bertz CT molecular complexity index is 803. The SMILES string of the molecule is NC(Cc1ccc(O)c(O)c1)c1nc2cc(Cl)ccc2s1. The van der Waals surface area contributed by atoms with E-state index >= 15 is 0 Å². The summed E-state index contributed by atoms with van der Waals surface area (Å²) in [5.74, 6) is -0.280. The quantitative estimate of drug-likeness (QED) is 0.644. The van der Waals surface area contributed by atoms with Crippen LogP contribution < -0.4 is 5.73 Å². The zero-order chi connectivity index (χ0) is 15.0. The second-order valence-corrected chi connectivity index (χ2v) is 6.30. The van der Waals surface area contributed by atoms with Crippen LogP contribution in [-0.2, 0) is 6.42 Å². The lowest BCUT2D eigenvalue weighted by Gasteiger charge is -2.09. The molecular weight excluding hydrogens is 308 g/mol. The van der Waals surface area contributed by atoms with Crippen molar-refractivity contribution in [3.63, 3.8) is 0 Å². The van der Waals surface area contributed by atoms with Crippen molar-refractivity contribution in [2.75, 3.05) is 0 Å². The minimum Gasteiger partial charge on any atom is -0.504 e. The normalized spacial score (nSPS) is 12.7. The van der Waals surface area contributed by atoms with Crippen LogP contribution in [0.2, 0.25) is 5.02 Å². The second kappa shape index (κ2) is 5.52. The molecule has 0 aliphatic heterocycles. The van der Waals surface area contributed by atoms with Gasteiger partial charge >= 0.3 is 0 Å². The number of hydrogen-bond donors (Lipinski definition) is 3. The topological polar surface area (TPSA) is 79.4 Å². The Morgan fingerprint density at radius 3 is 2.71 bits per heavy atom. The van der Waals surface area contributed by atoms with Gasteiger partial charge in [-0.15, -0.1) is 11.3 Å². The van der Waals surface area contributed by atoms with Crippen molar-refractivity contribution >= 4 is 33.2 Å². The van der Waals surface area contributed by atoms with Crippen molar-refractivity contribution in [1.82, 2.24) is 4.98 Å². The molecule has 0 saturated carbocycles. The van der Waals surface area contributed by atoms with E-state index in [1.807, 2.05) is 18.2 Å². The third-order valence-electron chi connectivity index (χ3n) is 3.18. The Labute approximate surface area is 130 Å². The number of phenolic OH excluding ortho intramolecular Hbond substituents is 2. The van der Waals surface area contributed by atoms with E-state index in [1.165, 1.54) is 23.5 Å². The van der Waals surface area contributed by atoms with Gasteiger partial charge in [0.25, 0.3) is 0 Å². The van der Waals surface area contributed by atoms with Crippen molar-refractivity contribution in [2.24, 2.45) is 5.73 Å². The maximum atomic E-state index is 9.51. The molecule has 0 amide bonds. The Morgan fingerprint density at radius 1 is 1.14 bits per heavy atom. The lowest BCUT2D eigenvalue weighted by Crippen LogP contribution is -2.12. The lowest BCUT2D eigenvalue weighted by molar-refractivity contribution is 0.403. The molecule has 2 aromatic carbocycles. The molecule has 6 heteroatoms. The zero-order valence-electron chi connectivity index (χ0n) is 11.0. The Balaban J connectivity index is 1.85. The van der Waals surface area contributed by atoms with E-state index in [2.05, 4.69) is 4.98 Å². The number of phenols is 2. The van der Waals surface area contributed by atoms with Crippen molar-refractivity contribution in [2.45, 2.75) is 12.5 Å². The molecule has 0 radical (unpaired) electrons. The van der Waals surface area contributed by atoms with Crippen LogP contribution in [0.4, 0.5) is 0 Å². The van der Waals surface area contributed by atoms with Crippen molar-refractivity contribution in [1.29, 1.82) is 0 Å². The second-order valence-electron chi connectivity index (χ2n) is 4.80. The van der Waals surface area contributed by atoms with Gasteiger partial charge in [-0.25, -0.2) is 4.98 Å². The summed E-state index contributed by atoms with van der Waals surface area (Å²) in [5, 5.41) is 20.3. The van der Waals surface area contributed by atoms with Crippen LogP contribution in [0.1, 0.15) is 16.6 Å². The summed E-state index contributed by atoms with van der Waals surface area (Å²) in [5.41, 5.74) is 7.87. The summed E-state index contributed by atoms with van der Waals surface area (Å²) in [4.78, 5) is 4.51. The molecule has 4 nitrogen and oxygen atoms in total. The van der Waals surface area contributed by atoms with Gasteiger partial charge in [0.15, 0.2) is 11.5 Å². The van der Waals surface area contributed by atoms with E-state index in [-0.39, 0.29) is 17.5 Å². The first-order chi connectivity index (χ1) is 10.0. The van der Waals surface area contributed by atoms with Gasteiger partial charge in [-0.3, -0.25) is 0 Å². The van der Waals surface area contributed by atoms with Crippen LogP contribution in [0, 0.1) is 0 Å². The maximum absolute atomic E-state index is 9.51. The zero-order valence-corrected chi connectivity index (χ0v) is 12.5. The van der Waals surface area contributed by atoms with Crippen LogP contribution in [-0.4, -0.2) is 15.2 Å². The molecule has 108 valence electrons. The number of halogens is 1. The highest BCUT2D eigenvalue weighted by Crippen LogP contribution is 2.30. The van der Waals surface area contributed by atoms with Crippen molar-refractivity contribution < 1.29 is 10.2 Å². The van der Waals surface area contributed by atoms with E-state index < -0.39 is 0 Å². The van der Waals surface area contributed by atoms with Gasteiger partial charge < -0.3 is 15.9 Å². The Kier molecular flexibility index (Phi) is 3.71. The first-order valence-electron chi connectivity index (χ1n) is 6.35. The highest BCUT2D eigenvalue weighted by Gasteiger charge is 2.14. The summed E-state index contributed by atoms with van der Waals surface area (Å²) < 4.78 is 1.04. The van der Waals surface area contributed by atoms with E-state index in [1.54, 1.807) is 6.07 Å². The number of nitrogens with two attached hydrogens (primary N) is 1. The number of aromatic nitrogens is 1. The fourth-order valence-corrected chi connectivity index (χ4v) is 3.23. The third kappa shape index (κ3) is 2.95. The van der Waals surface area contributed by atoms with Crippen molar-refractivity contribution in [3.8, 4) is 11.5 Å². The monoisotopic (exact) mass is 320 g/mol. The number of rotatable bonds is 3. The Morgan fingerprint density at radius 2 is 1.95 bits per heavy atom. The van der Waals surface area contributed by atoms with Crippen molar-refractivity contribution in [3.05, 3.63) is 52.0 Å². The summed E-state index contributed by atoms with van der Waals surface area (Å²) in [6, 6.07) is 10.0. The van der Waals surface area contributed by atoms with Crippen LogP contribution >= 0.6 is 22.9 Å². The predicted octanol–water partition coefficient (Wildman–Crippen LogP) is 3.60. The fraction of sp³-hybridized carbons (Fsp3) is 0.133. The molecule has 0 saturated heterocycles. The summed E-state index contributed by atoms with van der Waals surface area (Å²) >= 11 is 7.49. The van der Waals surface area contributed by atoms with Gasteiger partial charge in [0.05, 0.1) is 16.3 Å². The van der Waals surface area contributed by atoms with Crippen LogP contribution in [0.3, 0.4) is 0 Å². The van der Waals surface area contributed by atoms with Gasteiger partial charge in [0.2, 0.25) is 0 Å². The predicted molar refractivity (Wildman–Crippen MR) is 85.0 cm³/mol. The minimum absolute atomic E-state index is 0.137. The highest BCUT2D eigenvalue weighted by atomic mass is 35.5. The van der Waals surface area contributed by atoms with Gasteiger partial charge in [-0.2, -0.15) is 0 Å². The van der Waals surface area contributed by atoms with Gasteiger partial charge in [-0.05, 0) is 42.3 Å². The number of thiazole rings is 1. The molecule has 1 atom stereocenters. The van der Waals surface area contributed by atoms with E-state index in [4.69, 9.17) is 17.3 Å². The molecule has 1 unspecified atom stereocenters. The van der Waals surface area contributed by atoms with E-state index in [9.17, 15) is 10.2 Å². The molecule has 3 rings (SSSR count). The molecule has 0 fully saturated rings. The first kappa shape index (κ1) is 14.1. The van der Waals surface area contributed by atoms with Crippen LogP contribution in [0.5, 0.6) is 11.5 Å².